The van der Waals surface area contributed by atoms with Gasteiger partial charge in [0.25, 0.3) is 0 Å². The third kappa shape index (κ3) is 10.2. The SMILES string of the molecule is CCCCCCCCCCCCCCCCC(C(=O)O)N1CCCC1=O. The van der Waals surface area contributed by atoms with E-state index in [0.717, 1.165) is 19.3 Å². The Morgan fingerprint density at radius 1 is 0.885 bits per heavy atom. The Morgan fingerprint density at radius 2 is 1.35 bits per heavy atom. The van der Waals surface area contributed by atoms with Crippen LogP contribution in [-0.4, -0.2) is 34.5 Å². The number of carbonyl (C=O) groups is 2. The molecule has 4 nitrogen and oxygen atoms in total. The Morgan fingerprint density at radius 3 is 1.73 bits per heavy atom. The summed E-state index contributed by atoms with van der Waals surface area (Å²) in [5.74, 6) is -0.822. The van der Waals surface area contributed by atoms with Gasteiger partial charge in [0.15, 0.2) is 0 Å². The summed E-state index contributed by atoms with van der Waals surface area (Å²) in [5.41, 5.74) is 0. The van der Waals surface area contributed by atoms with Crippen molar-refractivity contribution < 1.29 is 14.7 Å². The third-order valence-corrected chi connectivity index (χ3v) is 5.60. The van der Waals surface area contributed by atoms with Gasteiger partial charge in [-0.25, -0.2) is 4.79 Å². The molecule has 1 rings (SSSR count). The normalized spacial score (nSPS) is 15.6. The molecule has 1 amide bonds. The molecular weight excluding hydrogens is 326 g/mol. The molecular formula is C22H41NO3. The molecule has 4 heteroatoms. The van der Waals surface area contributed by atoms with Crippen LogP contribution in [0, 0.1) is 0 Å². The lowest BCUT2D eigenvalue weighted by molar-refractivity contribution is -0.148. The van der Waals surface area contributed by atoms with Crippen LogP contribution in [0.4, 0.5) is 0 Å². The highest BCUT2D eigenvalue weighted by molar-refractivity contribution is 5.84. The van der Waals surface area contributed by atoms with Gasteiger partial charge in [-0.2, -0.15) is 0 Å². The van der Waals surface area contributed by atoms with Gasteiger partial charge < -0.3 is 10.0 Å². The van der Waals surface area contributed by atoms with Crippen LogP contribution < -0.4 is 0 Å². The first-order chi connectivity index (χ1) is 12.7. The molecule has 0 bridgehead atoms. The van der Waals surface area contributed by atoms with Gasteiger partial charge in [-0.1, -0.05) is 96.8 Å². The second-order valence-corrected chi connectivity index (χ2v) is 7.93. The van der Waals surface area contributed by atoms with E-state index in [1.165, 1.54) is 77.0 Å². The maximum absolute atomic E-state index is 11.7. The molecule has 0 aliphatic carbocycles. The fourth-order valence-corrected chi connectivity index (χ4v) is 3.94. The number of hydrogen-bond acceptors (Lipinski definition) is 2. The van der Waals surface area contributed by atoms with E-state index in [2.05, 4.69) is 6.92 Å². The lowest BCUT2D eigenvalue weighted by Gasteiger charge is -2.24. The minimum Gasteiger partial charge on any atom is -0.480 e. The second-order valence-electron chi connectivity index (χ2n) is 7.93. The van der Waals surface area contributed by atoms with Gasteiger partial charge in [0.2, 0.25) is 5.91 Å². The van der Waals surface area contributed by atoms with Crippen LogP contribution in [0.5, 0.6) is 0 Å². The number of carboxylic acid groups (broad SMARTS) is 1. The molecule has 26 heavy (non-hydrogen) atoms. The molecule has 0 radical (unpaired) electrons. The highest BCUT2D eigenvalue weighted by atomic mass is 16.4. The van der Waals surface area contributed by atoms with Crippen LogP contribution in [0.15, 0.2) is 0 Å². The summed E-state index contributed by atoms with van der Waals surface area (Å²) in [6, 6.07) is -0.595. The van der Waals surface area contributed by atoms with Crippen molar-refractivity contribution in [3.8, 4) is 0 Å². The minimum absolute atomic E-state index is 0.0164. The number of amides is 1. The van der Waals surface area contributed by atoms with E-state index in [9.17, 15) is 14.7 Å². The first-order valence-corrected chi connectivity index (χ1v) is 11.2. The Hall–Kier alpha value is -1.06. The lowest BCUT2D eigenvalue weighted by Crippen LogP contribution is -2.41. The van der Waals surface area contributed by atoms with Crippen molar-refractivity contribution >= 4 is 11.9 Å². The number of carboxylic acids is 1. The van der Waals surface area contributed by atoms with Crippen LogP contribution in [0.2, 0.25) is 0 Å². The molecule has 1 N–H and O–H groups in total. The minimum atomic E-state index is -0.838. The summed E-state index contributed by atoms with van der Waals surface area (Å²) in [6.07, 6.45) is 20.1. The predicted molar refractivity (Wildman–Crippen MR) is 107 cm³/mol. The van der Waals surface area contributed by atoms with E-state index in [1.54, 1.807) is 4.90 Å². The Kier molecular flexibility index (Phi) is 13.3. The van der Waals surface area contributed by atoms with E-state index in [-0.39, 0.29) is 5.91 Å². The van der Waals surface area contributed by atoms with Crippen molar-refractivity contribution in [2.24, 2.45) is 0 Å². The molecule has 1 unspecified atom stereocenters. The summed E-state index contributed by atoms with van der Waals surface area (Å²) in [5, 5.41) is 9.36. The zero-order valence-electron chi connectivity index (χ0n) is 17.0. The Balaban J connectivity index is 1.91. The second kappa shape index (κ2) is 15.0. The van der Waals surface area contributed by atoms with Crippen LogP contribution in [0.3, 0.4) is 0 Å². The smallest absolute Gasteiger partial charge is 0.326 e. The molecule has 0 spiro atoms. The molecule has 1 aliphatic rings. The Bertz CT molecular complexity index is 384. The van der Waals surface area contributed by atoms with Crippen LogP contribution in [0.1, 0.15) is 116 Å². The van der Waals surface area contributed by atoms with Crippen molar-refractivity contribution in [2.45, 2.75) is 122 Å². The monoisotopic (exact) mass is 367 g/mol. The zero-order valence-corrected chi connectivity index (χ0v) is 17.0. The number of rotatable bonds is 17. The average molecular weight is 368 g/mol. The summed E-state index contributed by atoms with van der Waals surface area (Å²) in [7, 11) is 0. The van der Waals surface area contributed by atoms with E-state index >= 15 is 0 Å². The molecule has 1 saturated heterocycles. The molecule has 1 fully saturated rings. The van der Waals surface area contributed by atoms with Gasteiger partial charge in [0.05, 0.1) is 0 Å². The van der Waals surface area contributed by atoms with E-state index in [4.69, 9.17) is 0 Å². The van der Waals surface area contributed by atoms with Crippen molar-refractivity contribution in [3.05, 3.63) is 0 Å². The van der Waals surface area contributed by atoms with Crippen molar-refractivity contribution in [1.29, 1.82) is 0 Å². The number of likely N-dealkylation sites (tertiary alicyclic amines) is 1. The summed E-state index contributed by atoms with van der Waals surface area (Å²) in [6.45, 7) is 2.88. The van der Waals surface area contributed by atoms with E-state index in [1.807, 2.05) is 0 Å². The number of hydrogen-bond donors (Lipinski definition) is 1. The van der Waals surface area contributed by atoms with Crippen molar-refractivity contribution in [1.82, 2.24) is 4.90 Å². The maximum atomic E-state index is 11.7. The Labute approximate surface area is 160 Å². The average Bonchev–Trinajstić information content (AvgIpc) is 3.03. The van der Waals surface area contributed by atoms with Crippen molar-refractivity contribution in [3.63, 3.8) is 0 Å². The standard InChI is InChI=1S/C22H41NO3/c1-2-3-4-5-6-7-8-9-10-11-12-13-14-15-17-20(22(25)26)23-19-16-18-21(23)24/h20H,2-19H2,1H3,(H,25,26). The van der Waals surface area contributed by atoms with Crippen LogP contribution in [-0.2, 0) is 9.59 Å². The van der Waals surface area contributed by atoms with Gasteiger partial charge in [-0.3, -0.25) is 4.79 Å². The number of aliphatic carboxylic acids is 1. The quantitative estimate of drug-likeness (QED) is 0.324. The third-order valence-electron chi connectivity index (χ3n) is 5.60. The maximum Gasteiger partial charge on any atom is 0.326 e. The zero-order chi connectivity index (χ0) is 19.0. The fourth-order valence-electron chi connectivity index (χ4n) is 3.94. The summed E-state index contributed by atoms with van der Waals surface area (Å²) < 4.78 is 0. The topological polar surface area (TPSA) is 57.6 Å². The van der Waals surface area contributed by atoms with Crippen LogP contribution in [0.25, 0.3) is 0 Å². The highest BCUT2D eigenvalue weighted by Crippen LogP contribution is 2.19. The summed E-state index contributed by atoms with van der Waals surface area (Å²) >= 11 is 0. The van der Waals surface area contributed by atoms with E-state index in [0.29, 0.717) is 19.4 Å². The largest absolute Gasteiger partial charge is 0.480 e. The van der Waals surface area contributed by atoms with E-state index < -0.39 is 12.0 Å². The molecule has 0 aromatic rings. The number of nitrogens with zero attached hydrogens (tertiary/aromatic N) is 1. The fraction of sp³-hybridized carbons (Fsp3) is 0.909. The van der Waals surface area contributed by atoms with Crippen LogP contribution >= 0.6 is 0 Å². The molecule has 0 aromatic carbocycles. The molecule has 0 saturated carbocycles. The molecule has 1 heterocycles. The molecule has 1 aliphatic heterocycles. The number of carbonyl (C=O) groups excluding carboxylic acids is 1. The molecule has 0 aromatic heterocycles. The first kappa shape index (κ1) is 23.0. The van der Waals surface area contributed by atoms with Gasteiger partial charge in [-0.15, -0.1) is 0 Å². The molecule has 152 valence electrons. The first-order valence-electron chi connectivity index (χ1n) is 11.2. The van der Waals surface area contributed by atoms with Gasteiger partial charge in [-0.05, 0) is 12.8 Å². The number of unbranched alkanes of at least 4 members (excludes halogenated alkanes) is 13. The predicted octanol–water partition coefficient (Wildman–Crippen LogP) is 5.93. The van der Waals surface area contributed by atoms with Gasteiger partial charge in [0, 0.05) is 13.0 Å². The highest BCUT2D eigenvalue weighted by Gasteiger charge is 2.31. The van der Waals surface area contributed by atoms with Crippen molar-refractivity contribution in [2.75, 3.05) is 6.54 Å². The summed E-state index contributed by atoms with van der Waals surface area (Å²) in [4.78, 5) is 24.7. The van der Waals surface area contributed by atoms with Gasteiger partial charge >= 0.3 is 5.97 Å². The molecule has 1 atom stereocenters. The van der Waals surface area contributed by atoms with Gasteiger partial charge in [0.1, 0.15) is 6.04 Å². The lowest BCUT2D eigenvalue weighted by atomic mass is 10.0.